The van der Waals surface area contributed by atoms with Crippen molar-refractivity contribution in [3.05, 3.63) is 83.2 Å². The van der Waals surface area contributed by atoms with Gasteiger partial charge in [-0.05, 0) is 68.0 Å². The summed E-state index contributed by atoms with van der Waals surface area (Å²) in [5, 5.41) is 1.20. The third-order valence-electron chi connectivity index (χ3n) is 6.80. The molecule has 0 saturated heterocycles. The molecular weight excluding hydrogens is 470 g/mol. The normalized spacial score (nSPS) is 14.2. The summed E-state index contributed by atoms with van der Waals surface area (Å²) in [6, 6.07) is 19.7. The van der Waals surface area contributed by atoms with Crippen LogP contribution in [0.1, 0.15) is 48.7 Å². The highest BCUT2D eigenvalue weighted by Crippen LogP contribution is 2.37. The van der Waals surface area contributed by atoms with Crippen LogP contribution in [0, 0.1) is 19.8 Å². The van der Waals surface area contributed by atoms with Crippen LogP contribution in [0.4, 0.5) is 5.69 Å². The van der Waals surface area contributed by atoms with Crippen LogP contribution in [0.2, 0.25) is 0 Å². The number of carbonyl (C=O) groups is 1. The van der Waals surface area contributed by atoms with E-state index in [2.05, 4.69) is 42.7 Å². The van der Waals surface area contributed by atoms with E-state index in [1.54, 1.807) is 12.1 Å². The van der Waals surface area contributed by atoms with Gasteiger partial charge in [-0.25, -0.2) is 9.29 Å². The number of aryl methyl sites for hydroxylation is 3. The number of hydrogen-bond donors (Lipinski definition) is 0. The molecule has 6 nitrogen and oxygen atoms in total. The molecule has 1 aliphatic rings. The van der Waals surface area contributed by atoms with Crippen LogP contribution in [0.15, 0.2) is 60.7 Å². The molecule has 0 aliphatic heterocycles. The number of fused-ring (bicyclic) bond motifs is 1. The van der Waals surface area contributed by atoms with Gasteiger partial charge in [-0.2, -0.15) is 0 Å². The molecule has 2 heterocycles. The van der Waals surface area contributed by atoms with Crippen LogP contribution >= 0.6 is 0 Å². The second kappa shape index (κ2) is 9.99. The number of amides is 1. The van der Waals surface area contributed by atoms with Crippen molar-refractivity contribution in [2.75, 3.05) is 4.31 Å². The Morgan fingerprint density at radius 3 is 2.50 bits per heavy atom. The fourth-order valence-electron chi connectivity index (χ4n) is 4.87. The number of benzene rings is 2. The fourth-order valence-corrected chi connectivity index (χ4v) is 5.48. The summed E-state index contributed by atoms with van der Waals surface area (Å²) in [5.74, 6) is -0.554. The van der Waals surface area contributed by atoms with Gasteiger partial charge in [0.15, 0.2) is 0 Å². The van der Waals surface area contributed by atoms with E-state index < -0.39 is 11.3 Å². The third-order valence-corrected chi connectivity index (χ3v) is 7.47. The van der Waals surface area contributed by atoms with Crippen molar-refractivity contribution < 1.29 is 13.6 Å². The molecule has 2 aromatic carbocycles. The first-order chi connectivity index (χ1) is 17.4. The first-order valence-electron chi connectivity index (χ1n) is 12.5. The van der Waals surface area contributed by atoms with Gasteiger partial charge >= 0.3 is 0 Å². The van der Waals surface area contributed by atoms with E-state index >= 15 is 0 Å². The molecule has 1 atom stereocenters. The Morgan fingerprint density at radius 2 is 1.83 bits per heavy atom. The van der Waals surface area contributed by atoms with Gasteiger partial charge in [-0.3, -0.25) is 9.00 Å². The van der Waals surface area contributed by atoms with E-state index in [1.165, 1.54) is 16.6 Å². The minimum atomic E-state index is -2.67. The molecule has 4 aromatic rings. The van der Waals surface area contributed by atoms with Crippen LogP contribution in [0.3, 0.4) is 0 Å². The van der Waals surface area contributed by atoms with Crippen molar-refractivity contribution in [1.29, 1.82) is 0 Å². The average molecular weight is 501 g/mol. The summed E-state index contributed by atoms with van der Waals surface area (Å²) < 4.78 is 27.3. The Bertz CT molecular complexity index is 1450. The summed E-state index contributed by atoms with van der Waals surface area (Å²) in [6.07, 6.45) is 3.52. The first kappa shape index (κ1) is 24.4. The Kier molecular flexibility index (Phi) is 6.77. The molecule has 1 unspecified atom stereocenters. The molecule has 0 spiro atoms. The maximum Gasteiger partial charge on any atom is 0.241 e. The smallest absolute Gasteiger partial charge is 0.241 e. The summed E-state index contributed by atoms with van der Waals surface area (Å²) in [5.41, 5.74) is 7.64. The van der Waals surface area contributed by atoms with Crippen LogP contribution in [-0.2, 0) is 29.0 Å². The molecule has 5 rings (SSSR count). The molecule has 1 aliphatic carbocycles. The number of carbonyl (C=O) groups excluding carboxylic acids is 1. The first-order valence-corrected chi connectivity index (χ1v) is 13.5. The van der Waals surface area contributed by atoms with Gasteiger partial charge in [-0.1, -0.05) is 55.8 Å². The molecule has 36 heavy (non-hydrogen) atoms. The molecule has 1 amide bonds. The van der Waals surface area contributed by atoms with Crippen molar-refractivity contribution in [2.24, 2.45) is 5.92 Å². The number of aromatic nitrogens is 2. The average Bonchev–Trinajstić information content (AvgIpc) is 3.65. The van der Waals surface area contributed by atoms with E-state index in [0.29, 0.717) is 17.8 Å². The van der Waals surface area contributed by atoms with E-state index in [4.69, 9.17) is 4.98 Å². The molecule has 0 radical (unpaired) electrons. The van der Waals surface area contributed by atoms with Crippen molar-refractivity contribution in [3.8, 4) is 11.1 Å². The molecule has 1 saturated carbocycles. The highest BCUT2D eigenvalue weighted by Gasteiger charge is 2.35. The Labute approximate surface area is 214 Å². The Balaban J connectivity index is 1.49. The van der Waals surface area contributed by atoms with Crippen LogP contribution in [-0.4, -0.2) is 24.2 Å². The number of para-hydroxylation sites is 1. The summed E-state index contributed by atoms with van der Waals surface area (Å²) in [6.45, 7) is 7.05. The highest BCUT2D eigenvalue weighted by atomic mass is 32.2. The highest BCUT2D eigenvalue weighted by molar-refractivity contribution is 7.81. The predicted molar refractivity (Wildman–Crippen MR) is 143 cm³/mol. The lowest BCUT2D eigenvalue weighted by Gasteiger charge is -2.26. The lowest BCUT2D eigenvalue weighted by molar-refractivity contribution is -0.118. The van der Waals surface area contributed by atoms with Gasteiger partial charge < -0.3 is 9.12 Å². The second-order valence-corrected chi connectivity index (χ2v) is 10.4. The fraction of sp³-hybridized carbons (Fsp3) is 0.310. The largest absolute Gasteiger partial charge is 0.755 e. The van der Waals surface area contributed by atoms with Gasteiger partial charge in [0.25, 0.3) is 0 Å². The molecular formula is C29H30N3O3S-. The number of rotatable bonds is 8. The zero-order valence-corrected chi connectivity index (χ0v) is 21.7. The van der Waals surface area contributed by atoms with E-state index in [9.17, 15) is 13.6 Å². The van der Waals surface area contributed by atoms with Crippen LogP contribution < -0.4 is 4.31 Å². The lowest BCUT2D eigenvalue weighted by atomic mass is 10.0. The number of pyridine rings is 1. The second-order valence-electron chi connectivity index (χ2n) is 9.63. The van der Waals surface area contributed by atoms with Crippen molar-refractivity contribution in [3.63, 3.8) is 0 Å². The Morgan fingerprint density at radius 1 is 1.11 bits per heavy atom. The number of nitrogens with zero attached hydrogens (tertiary/aromatic N) is 3. The minimum Gasteiger partial charge on any atom is -0.755 e. The maximum atomic E-state index is 12.7. The van der Waals surface area contributed by atoms with Crippen molar-refractivity contribution >= 4 is 33.9 Å². The van der Waals surface area contributed by atoms with Crippen LogP contribution in [0.5, 0.6) is 0 Å². The van der Waals surface area contributed by atoms with Gasteiger partial charge in [0, 0.05) is 34.8 Å². The van der Waals surface area contributed by atoms with E-state index in [0.717, 1.165) is 52.5 Å². The van der Waals surface area contributed by atoms with Gasteiger partial charge in [0.05, 0.1) is 17.0 Å². The van der Waals surface area contributed by atoms with Crippen molar-refractivity contribution in [1.82, 2.24) is 9.55 Å². The van der Waals surface area contributed by atoms with Crippen molar-refractivity contribution in [2.45, 2.75) is 53.0 Å². The standard InChI is InChI=1S/C29H31N3O3S/c1-4-7-24-17-26-19(2)16-20(3)30-28(26)31(24)18-21-10-12-22(13-11-21)25-8-5-6-9-27(25)32(36(34)35)29(33)23-14-15-23/h5-6,8-13,16-17,23H,4,7,14-15,18H2,1-3H3,(H,34,35)/p-1. The molecule has 2 aromatic heterocycles. The van der Waals surface area contributed by atoms with E-state index in [1.807, 2.05) is 31.2 Å². The monoisotopic (exact) mass is 500 g/mol. The molecule has 1 fully saturated rings. The van der Waals surface area contributed by atoms with Gasteiger partial charge in [0.2, 0.25) is 5.91 Å². The van der Waals surface area contributed by atoms with Crippen LogP contribution in [0.25, 0.3) is 22.2 Å². The predicted octanol–water partition coefficient (Wildman–Crippen LogP) is 5.86. The summed E-state index contributed by atoms with van der Waals surface area (Å²) in [7, 11) is 0. The molecule has 0 bridgehead atoms. The number of anilines is 1. The molecule has 0 N–H and O–H groups in total. The topological polar surface area (TPSA) is 78.3 Å². The molecule has 7 heteroatoms. The Hall–Kier alpha value is -3.29. The SMILES string of the molecule is CCCc1cc2c(C)cc(C)nc2n1Cc1ccc(-c2ccccc2N(C(=O)C2CC2)S(=O)[O-])cc1. The third kappa shape index (κ3) is 4.73. The summed E-state index contributed by atoms with van der Waals surface area (Å²) >= 11 is -2.67. The molecule has 186 valence electrons. The summed E-state index contributed by atoms with van der Waals surface area (Å²) in [4.78, 5) is 17.6. The number of hydrogen-bond acceptors (Lipinski definition) is 4. The lowest BCUT2D eigenvalue weighted by Crippen LogP contribution is -2.34. The van der Waals surface area contributed by atoms with Gasteiger partial charge in [0.1, 0.15) is 5.65 Å². The van der Waals surface area contributed by atoms with E-state index in [-0.39, 0.29) is 11.8 Å². The zero-order chi connectivity index (χ0) is 25.4. The maximum absolute atomic E-state index is 12.7. The van der Waals surface area contributed by atoms with Gasteiger partial charge in [-0.15, -0.1) is 0 Å². The zero-order valence-electron chi connectivity index (χ0n) is 20.9. The quantitative estimate of drug-likeness (QED) is 0.284. The minimum absolute atomic E-state index is 0.201.